The minimum atomic E-state index is -1.01. The molecule has 0 aromatic rings. The van der Waals surface area contributed by atoms with Crippen molar-refractivity contribution in [1.82, 2.24) is 5.32 Å². The van der Waals surface area contributed by atoms with E-state index in [1.54, 1.807) is 6.92 Å². The van der Waals surface area contributed by atoms with Crippen molar-refractivity contribution in [2.24, 2.45) is 0 Å². The molecule has 1 unspecified atom stereocenters. The van der Waals surface area contributed by atoms with E-state index in [0.717, 1.165) is 6.42 Å². The van der Waals surface area contributed by atoms with Crippen LogP contribution in [-0.2, 0) is 14.3 Å². The molecule has 1 atom stereocenters. The highest BCUT2D eigenvalue weighted by Crippen LogP contribution is 2.11. The van der Waals surface area contributed by atoms with Gasteiger partial charge in [-0.1, -0.05) is 6.92 Å². The van der Waals surface area contributed by atoms with E-state index in [2.05, 4.69) is 5.32 Å². The number of nitrogens with one attached hydrogen (secondary N) is 1. The van der Waals surface area contributed by atoms with Crippen LogP contribution >= 0.6 is 0 Å². The summed E-state index contributed by atoms with van der Waals surface area (Å²) >= 11 is 0. The Kier molecular flexibility index (Phi) is 4.15. The van der Waals surface area contributed by atoms with Gasteiger partial charge >= 0.3 is 5.97 Å². The van der Waals surface area contributed by atoms with Crippen molar-refractivity contribution < 1.29 is 19.4 Å². The summed E-state index contributed by atoms with van der Waals surface area (Å²) in [7, 11) is 0. The van der Waals surface area contributed by atoms with Crippen LogP contribution in [0.15, 0.2) is 11.8 Å². The highest BCUT2D eigenvalue weighted by atomic mass is 16.5. The molecule has 0 aromatic carbocycles. The van der Waals surface area contributed by atoms with Crippen molar-refractivity contribution in [2.75, 3.05) is 6.61 Å². The number of aliphatic carboxylic acids is 1. The Balaban J connectivity index is 2.53. The standard InChI is InChI=1S/C10H15NO4/c1-2-8(10(13)14)11-9(12)7-4-3-5-15-6-7/h6,8H,2-5H2,1H3,(H,11,12)(H,13,14). The van der Waals surface area contributed by atoms with Crippen molar-refractivity contribution in [1.29, 1.82) is 0 Å². The zero-order valence-corrected chi connectivity index (χ0v) is 8.66. The van der Waals surface area contributed by atoms with Gasteiger partial charge in [0.05, 0.1) is 18.4 Å². The lowest BCUT2D eigenvalue weighted by Gasteiger charge is -2.16. The number of hydrogen-bond acceptors (Lipinski definition) is 3. The van der Waals surface area contributed by atoms with E-state index in [1.807, 2.05) is 0 Å². The van der Waals surface area contributed by atoms with E-state index in [-0.39, 0.29) is 5.91 Å². The quantitative estimate of drug-likeness (QED) is 0.719. The van der Waals surface area contributed by atoms with E-state index in [9.17, 15) is 9.59 Å². The summed E-state index contributed by atoms with van der Waals surface area (Å²) in [6.45, 7) is 2.33. The number of rotatable bonds is 4. The second-order valence-electron chi connectivity index (χ2n) is 3.39. The molecule has 1 aliphatic heterocycles. The van der Waals surface area contributed by atoms with Crippen LogP contribution in [0.3, 0.4) is 0 Å². The number of carboxylic acids is 1. The molecular weight excluding hydrogens is 198 g/mol. The third-order valence-corrected chi connectivity index (χ3v) is 2.24. The molecule has 0 bridgehead atoms. The van der Waals surface area contributed by atoms with Gasteiger partial charge in [-0.25, -0.2) is 4.79 Å². The van der Waals surface area contributed by atoms with Crippen LogP contribution in [-0.4, -0.2) is 29.6 Å². The predicted molar refractivity (Wildman–Crippen MR) is 53.1 cm³/mol. The van der Waals surface area contributed by atoms with Gasteiger partial charge < -0.3 is 15.2 Å². The fourth-order valence-corrected chi connectivity index (χ4v) is 1.32. The molecule has 0 radical (unpaired) electrons. The number of ether oxygens (including phenoxy) is 1. The fraction of sp³-hybridized carbons (Fsp3) is 0.600. The van der Waals surface area contributed by atoms with Crippen LogP contribution in [0, 0.1) is 0 Å². The molecule has 2 N–H and O–H groups in total. The van der Waals surface area contributed by atoms with Gasteiger partial charge in [-0.3, -0.25) is 4.79 Å². The van der Waals surface area contributed by atoms with Gasteiger partial charge in [0.1, 0.15) is 6.04 Å². The molecule has 0 spiro atoms. The van der Waals surface area contributed by atoms with Crippen LogP contribution in [0.25, 0.3) is 0 Å². The molecule has 1 rings (SSSR count). The number of carbonyl (C=O) groups excluding carboxylic acids is 1. The largest absolute Gasteiger partial charge is 0.501 e. The molecule has 84 valence electrons. The maximum absolute atomic E-state index is 11.5. The second-order valence-corrected chi connectivity index (χ2v) is 3.39. The maximum Gasteiger partial charge on any atom is 0.326 e. The Labute approximate surface area is 88.1 Å². The van der Waals surface area contributed by atoms with Crippen LogP contribution in [0.1, 0.15) is 26.2 Å². The molecule has 5 nitrogen and oxygen atoms in total. The van der Waals surface area contributed by atoms with Crippen molar-refractivity contribution in [2.45, 2.75) is 32.2 Å². The van der Waals surface area contributed by atoms with Gasteiger partial charge in [0.2, 0.25) is 0 Å². The predicted octanol–water partition coefficient (Wildman–Crippen LogP) is 0.660. The van der Waals surface area contributed by atoms with E-state index in [4.69, 9.17) is 9.84 Å². The van der Waals surface area contributed by atoms with Crippen molar-refractivity contribution in [3.63, 3.8) is 0 Å². The van der Waals surface area contributed by atoms with Gasteiger partial charge in [0.15, 0.2) is 0 Å². The van der Waals surface area contributed by atoms with Gasteiger partial charge in [-0.2, -0.15) is 0 Å². The first-order valence-corrected chi connectivity index (χ1v) is 4.99. The average Bonchev–Trinajstić information content (AvgIpc) is 2.26. The molecule has 0 fully saturated rings. The summed E-state index contributed by atoms with van der Waals surface area (Å²) in [4.78, 5) is 22.2. The third-order valence-electron chi connectivity index (χ3n) is 2.24. The lowest BCUT2D eigenvalue weighted by Crippen LogP contribution is -2.41. The maximum atomic E-state index is 11.5. The summed E-state index contributed by atoms with van der Waals surface area (Å²) in [5, 5.41) is 11.2. The topological polar surface area (TPSA) is 75.6 Å². The molecule has 0 aliphatic carbocycles. The smallest absolute Gasteiger partial charge is 0.326 e. The first-order chi connectivity index (χ1) is 7.15. The van der Waals surface area contributed by atoms with E-state index >= 15 is 0 Å². The summed E-state index contributed by atoms with van der Waals surface area (Å²) in [5.74, 6) is -1.35. The highest BCUT2D eigenvalue weighted by Gasteiger charge is 2.20. The Hall–Kier alpha value is -1.52. The molecule has 1 amide bonds. The van der Waals surface area contributed by atoms with Crippen LogP contribution < -0.4 is 5.32 Å². The van der Waals surface area contributed by atoms with Crippen molar-refractivity contribution >= 4 is 11.9 Å². The molecule has 0 saturated carbocycles. The SMILES string of the molecule is CCC(NC(=O)C1=COCCC1)C(=O)O. The van der Waals surface area contributed by atoms with E-state index in [1.165, 1.54) is 6.26 Å². The van der Waals surface area contributed by atoms with Crippen LogP contribution in [0.4, 0.5) is 0 Å². The summed E-state index contributed by atoms with van der Waals surface area (Å²) in [6.07, 6.45) is 3.22. The second kappa shape index (κ2) is 5.38. The van der Waals surface area contributed by atoms with Crippen molar-refractivity contribution in [3.05, 3.63) is 11.8 Å². The van der Waals surface area contributed by atoms with Crippen molar-refractivity contribution in [3.8, 4) is 0 Å². The number of carboxylic acid groups (broad SMARTS) is 1. The summed E-state index contributed by atoms with van der Waals surface area (Å²) in [6, 6.07) is -0.819. The molecule has 0 saturated heterocycles. The third kappa shape index (κ3) is 3.27. The van der Waals surface area contributed by atoms with Crippen LogP contribution in [0.2, 0.25) is 0 Å². The van der Waals surface area contributed by atoms with E-state index < -0.39 is 12.0 Å². The molecular formula is C10H15NO4. The van der Waals surface area contributed by atoms with Gasteiger partial charge in [-0.05, 0) is 19.3 Å². The Morgan fingerprint density at radius 2 is 2.40 bits per heavy atom. The number of hydrogen-bond donors (Lipinski definition) is 2. The zero-order valence-electron chi connectivity index (χ0n) is 8.66. The Morgan fingerprint density at radius 3 is 2.87 bits per heavy atom. The minimum absolute atomic E-state index is 0.344. The summed E-state index contributed by atoms with van der Waals surface area (Å²) < 4.78 is 5.01. The van der Waals surface area contributed by atoms with Crippen LogP contribution in [0.5, 0.6) is 0 Å². The first kappa shape index (κ1) is 11.6. The number of amides is 1. The lowest BCUT2D eigenvalue weighted by atomic mass is 10.1. The average molecular weight is 213 g/mol. The lowest BCUT2D eigenvalue weighted by molar-refractivity contribution is -0.141. The Bertz CT molecular complexity index is 285. The Morgan fingerprint density at radius 1 is 1.67 bits per heavy atom. The number of carbonyl (C=O) groups is 2. The monoisotopic (exact) mass is 213 g/mol. The van der Waals surface area contributed by atoms with E-state index in [0.29, 0.717) is 25.0 Å². The molecule has 1 heterocycles. The zero-order chi connectivity index (χ0) is 11.3. The molecule has 1 aliphatic rings. The molecule has 5 heteroatoms. The fourth-order valence-electron chi connectivity index (χ4n) is 1.32. The van der Waals surface area contributed by atoms with Gasteiger partial charge in [0.25, 0.3) is 5.91 Å². The molecule has 0 aromatic heterocycles. The normalized spacial score (nSPS) is 17.3. The molecule has 15 heavy (non-hydrogen) atoms. The van der Waals surface area contributed by atoms with Gasteiger partial charge in [0, 0.05) is 0 Å². The first-order valence-electron chi connectivity index (χ1n) is 4.99. The summed E-state index contributed by atoms with van der Waals surface area (Å²) in [5.41, 5.74) is 0.515. The minimum Gasteiger partial charge on any atom is -0.501 e. The van der Waals surface area contributed by atoms with Gasteiger partial charge in [-0.15, -0.1) is 0 Å². The highest BCUT2D eigenvalue weighted by molar-refractivity contribution is 5.95.